The second-order valence-corrected chi connectivity index (χ2v) is 7.35. The largest absolute Gasteiger partial charge is 0.484 e. The summed E-state index contributed by atoms with van der Waals surface area (Å²) in [5, 5.41) is 4.22. The van der Waals surface area contributed by atoms with Gasteiger partial charge in [-0.2, -0.15) is 0 Å². The van der Waals surface area contributed by atoms with E-state index in [9.17, 15) is 9.59 Å². The monoisotopic (exact) mass is 442 g/mol. The van der Waals surface area contributed by atoms with Gasteiger partial charge in [-0.15, -0.1) is 0 Å². The van der Waals surface area contributed by atoms with Crippen LogP contribution in [0.15, 0.2) is 42.5 Å². The Morgan fingerprint density at radius 2 is 1.71 bits per heavy atom. The zero-order valence-electron chi connectivity index (χ0n) is 15.5. The average Bonchev–Trinajstić information content (AvgIpc) is 2.66. The van der Waals surface area contributed by atoms with Crippen molar-refractivity contribution < 1.29 is 14.3 Å². The molecule has 0 saturated heterocycles. The van der Waals surface area contributed by atoms with E-state index in [1.165, 1.54) is 4.90 Å². The highest BCUT2D eigenvalue weighted by Gasteiger charge is 2.26. The molecule has 2 amide bonds. The molecule has 0 aliphatic rings. The number of carbonyl (C=O) groups excluding carboxylic acids is 2. The van der Waals surface area contributed by atoms with Crippen LogP contribution in [0.1, 0.15) is 19.4 Å². The van der Waals surface area contributed by atoms with Gasteiger partial charge in [-0.25, -0.2) is 0 Å². The fourth-order valence-corrected chi connectivity index (χ4v) is 3.09. The summed E-state index contributed by atoms with van der Waals surface area (Å²) in [5.74, 6) is -0.0972. The van der Waals surface area contributed by atoms with Gasteiger partial charge in [0.05, 0.1) is 0 Å². The Labute approximate surface area is 179 Å². The van der Waals surface area contributed by atoms with E-state index in [0.717, 1.165) is 0 Å². The highest BCUT2D eigenvalue weighted by molar-refractivity contribution is 6.35. The first-order valence-electron chi connectivity index (χ1n) is 8.71. The molecule has 8 heteroatoms. The minimum atomic E-state index is -0.701. The summed E-state index contributed by atoms with van der Waals surface area (Å²) < 4.78 is 5.55. The quantitative estimate of drug-likeness (QED) is 0.650. The summed E-state index contributed by atoms with van der Waals surface area (Å²) in [6, 6.07) is 11.0. The Hall–Kier alpha value is -1.95. The maximum atomic E-state index is 12.8. The van der Waals surface area contributed by atoms with Crippen molar-refractivity contribution in [2.45, 2.75) is 26.4 Å². The SMILES string of the molecule is CCNC(=O)[C@@H](C)N(Cc1ccc(Cl)cc1Cl)C(=O)COc1ccc(Cl)cc1. The van der Waals surface area contributed by atoms with Crippen molar-refractivity contribution in [2.24, 2.45) is 0 Å². The Balaban J connectivity index is 2.17. The molecule has 0 aliphatic heterocycles. The van der Waals surface area contributed by atoms with Crippen molar-refractivity contribution >= 4 is 46.6 Å². The Morgan fingerprint density at radius 3 is 2.32 bits per heavy atom. The third kappa shape index (κ3) is 6.30. The molecule has 150 valence electrons. The van der Waals surface area contributed by atoms with Crippen LogP contribution in [-0.2, 0) is 16.1 Å². The number of nitrogens with one attached hydrogen (secondary N) is 1. The molecule has 28 heavy (non-hydrogen) atoms. The van der Waals surface area contributed by atoms with Crippen molar-refractivity contribution in [1.29, 1.82) is 0 Å². The Morgan fingerprint density at radius 1 is 1.07 bits per heavy atom. The lowest BCUT2D eigenvalue weighted by molar-refractivity contribution is -0.142. The maximum Gasteiger partial charge on any atom is 0.261 e. The van der Waals surface area contributed by atoms with Gasteiger partial charge in [0.25, 0.3) is 5.91 Å². The number of benzene rings is 2. The summed E-state index contributed by atoms with van der Waals surface area (Å²) in [6.45, 7) is 3.87. The highest BCUT2D eigenvalue weighted by atomic mass is 35.5. The molecule has 0 unspecified atom stereocenters. The standard InChI is InChI=1S/C20H21Cl3N2O3/c1-3-24-20(27)13(2)25(11-14-4-5-16(22)10-18(14)23)19(26)12-28-17-8-6-15(21)7-9-17/h4-10,13H,3,11-12H2,1-2H3,(H,24,27)/t13-/m1/s1. The lowest BCUT2D eigenvalue weighted by atomic mass is 10.1. The molecule has 2 rings (SSSR count). The van der Waals surface area contributed by atoms with Gasteiger partial charge in [-0.05, 0) is 55.8 Å². The summed E-state index contributed by atoms with van der Waals surface area (Å²) in [7, 11) is 0. The highest BCUT2D eigenvalue weighted by Crippen LogP contribution is 2.23. The first-order chi connectivity index (χ1) is 13.3. The van der Waals surface area contributed by atoms with Crippen molar-refractivity contribution in [1.82, 2.24) is 10.2 Å². The van der Waals surface area contributed by atoms with E-state index >= 15 is 0 Å². The van der Waals surface area contributed by atoms with E-state index in [1.54, 1.807) is 49.4 Å². The Bertz CT molecular complexity index is 828. The molecule has 1 atom stereocenters. The van der Waals surface area contributed by atoms with Crippen LogP contribution < -0.4 is 10.1 Å². The molecule has 0 aromatic heterocycles. The minimum Gasteiger partial charge on any atom is -0.484 e. The lowest BCUT2D eigenvalue weighted by Crippen LogP contribution is -2.49. The van der Waals surface area contributed by atoms with Gasteiger partial charge in [0.1, 0.15) is 11.8 Å². The fraction of sp³-hybridized carbons (Fsp3) is 0.300. The van der Waals surface area contributed by atoms with Crippen LogP contribution in [-0.4, -0.2) is 35.9 Å². The molecule has 0 aliphatic carbocycles. The molecule has 2 aromatic rings. The van der Waals surface area contributed by atoms with E-state index in [1.807, 2.05) is 6.92 Å². The third-order valence-corrected chi connectivity index (χ3v) is 4.89. The topological polar surface area (TPSA) is 58.6 Å². The third-order valence-electron chi connectivity index (χ3n) is 4.05. The summed E-state index contributed by atoms with van der Waals surface area (Å²) in [6.07, 6.45) is 0. The number of carbonyl (C=O) groups is 2. The number of halogens is 3. The minimum absolute atomic E-state index is 0.150. The van der Waals surface area contributed by atoms with Crippen LogP contribution in [0.4, 0.5) is 0 Å². The molecular formula is C20H21Cl3N2O3. The molecule has 0 bridgehead atoms. The first kappa shape index (κ1) is 22.3. The second-order valence-electron chi connectivity index (χ2n) is 6.07. The molecular weight excluding hydrogens is 423 g/mol. The zero-order valence-corrected chi connectivity index (χ0v) is 17.8. The maximum absolute atomic E-state index is 12.8. The van der Waals surface area contributed by atoms with Crippen LogP contribution in [0.3, 0.4) is 0 Å². The van der Waals surface area contributed by atoms with E-state index in [2.05, 4.69) is 5.32 Å². The van der Waals surface area contributed by atoms with E-state index in [0.29, 0.717) is 32.9 Å². The van der Waals surface area contributed by atoms with Crippen molar-refractivity contribution in [3.8, 4) is 5.75 Å². The molecule has 0 radical (unpaired) electrons. The van der Waals surface area contributed by atoms with Crippen molar-refractivity contribution in [3.05, 3.63) is 63.1 Å². The summed E-state index contributed by atoms with van der Waals surface area (Å²) in [5.41, 5.74) is 0.682. The van der Waals surface area contributed by atoms with Gasteiger partial charge in [0.15, 0.2) is 6.61 Å². The number of hydrogen-bond donors (Lipinski definition) is 1. The van der Waals surface area contributed by atoms with Crippen LogP contribution in [0.25, 0.3) is 0 Å². The molecule has 5 nitrogen and oxygen atoms in total. The smallest absolute Gasteiger partial charge is 0.261 e. The summed E-state index contributed by atoms with van der Waals surface area (Å²) >= 11 is 18.0. The van der Waals surface area contributed by atoms with Gasteiger partial charge in [0, 0.05) is 28.2 Å². The molecule has 0 heterocycles. The first-order valence-corrected chi connectivity index (χ1v) is 9.84. The number of rotatable bonds is 8. The van der Waals surface area contributed by atoms with Crippen LogP contribution in [0.5, 0.6) is 5.75 Å². The summed E-state index contributed by atoms with van der Waals surface area (Å²) in [4.78, 5) is 26.6. The molecule has 2 aromatic carbocycles. The number of ether oxygens (including phenoxy) is 1. The number of amides is 2. The van der Waals surface area contributed by atoms with Gasteiger partial charge >= 0.3 is 0 Å². The zero-order chi connectivity index (χ0) is 20.7. The van der Waals surface area contributed by atoms with Crippen molar-refractivity contribution in [2.75, 3.05) is 13.2 Å². The predicted molar refractivity (Wildman–Crippen MR) is 112 cm³/mol. The van der Waals surface area contributed by atoms with Crippen molar-refractivity contribution in [3.63, 3.8) is 0 Å². The fourth-order valence-electron chi connectivity index (χ4n) is 2.50. The lowest BCUT2D eigenvalue weighted by Gasteiger charge is -2.29. The predicted octanol–water partition coefficient (Wildman–Crippen LogP) is 4.58. The average molecular weight is 444 g/mol. The normalized spacial score (nSPS) is 11.6. The van der Waals surface area contributed by atoms with Gasteiger partial charge < -0.3 is 15.0 Å². The molecule has 0 fully saturated rings. The van der Waals surface area contributed by atoms with Crippen LogP contribution >= 0.6 is 34.8 Å². The number of nitrogens with zero attached hydrogens (tertiary/aromatic N) is 1. The molecule has 1 N–H and O–H groups in total. The van der Waals surface area contributed by atoms with Gasteiger partial charge in [-0.3, -0.25) is 9.59 Å². The van der Waals surface area contributed by atoms with Gasteiger partial charge in [0.2, 0.25) is 5.91 Å². The van der Waals surface area contributed by atoms with E-state index in [-0.39, 0.29) is 25.0 Å². The van der Waals surface area contributed by atoms with Crippen LogP contribution in [0, 0.1) is 0 Å². The van der Waals surface area contributed by atoms with Crippen LogP contribution in [0.2, 0.25) is 15.1 Å². The number of likely N-dealkylation sites (N-methyl/N-ethyl adjacent to an activating group) is 1. The van der Waals surface area contributed by atoms with Gasteiger partial charge in [-0.1, -0.05) is 40.9 Å². The van der Waals surface area contributed by atoms with E-state index in [4.69, 9.17) is 39.5 Å². The molecule has 0 saturated carbocycles. The van der Waals surface area contributed by atoms with E-state index < -0.39 is 6.04 Å². The molecule has 0 spiro atoms. The number of hydrogen-bond acceptors (Lipinski definition) is 3. The Kier molecular flexibility index (Phi) is 8.42. The second kappa shape index (κ2) is 10.6.